The molecule has 0 spiro atoms. The van der Waals surface area contributed by atoms with Gasteiger partial charge in [0.05, 0.1) is 16.9 Å². The fraction of sp³-hybridized carbons (Fsp3) is 0.417. The van der Waals surface area contributed by atoms with Crippen molar-refractivity contribution in [2.24, 2.45) is 5.92 Å². The van der Waals surface area contributed by atoms with Crippen molar-refractivity contribution in [3.05, 3.63) is 58.3 Å². The van der Waals surface area contributed by atoms with E-state index in [1.165, 1.54) is 18.2 Å². The van der Waals surface area contributed by atoms with Crippen LogP contribution in [-0.4, -0.2) is 39.5 Å². The number of hydrogen-bond donors (Lipinski definition) is 3. The monoisotopic (exact) mass is 486 g/mol. The molecule has 1 unspecified atom stereocenters. The molecule has 34 heavy (non-hydrogen) atoms. The number of nitrogens with one attached hydrogen (secondary N) is 3. The second kappa shape index (κ2) is 10.1. The van der Waals surface area contributed by atoms with E-state index in [-0.39, 0.29) is 34.8 Å². The van der Waals surface area contributed by atoms with Crippen LogP contribution in [0.25, 0.3) is 5.65 Å². The molecule has 180 valence electrons. The summed E-state index contributed by atoms with van der Waals surface area (Å²) in [5.74, 6) is -1.01. The Kier molecular flexibility index (Phi) is 7.13. The lowest BCUT2D eigenvalue weighted by Gasteiger charge is -2.28. The lowest BCUT2D eigenvalue weighted by atomic mass is 9.85. The summed E-state index contributed by atoms with van der Waals surface area (Å²) in [5, 5.41) is 13.6. The van der Waals surface area contributed by atoms with E-state index in [1.807, 2.05) is 20.9 Å². The minimum absolute atomic E-state index is 0.0365. The Morgan fingerprint density at radius 2 is 1.94 bits per heavy atom. The first-order valence-corrected chi connectivity index (χ1v) is 11.7. The highest BCUT2D eigenvalue weighted by atomic mass is 35.5. The number of halogens is 2. The van der Waals surface area contributed by atoms with E-state index in [0.29, 0.717) is 42.6 Å². The molecule has 1 aromatic carbocycles. The van der Waals surface area contributed by atoms with Crippen molar-refractivity contribution in [2.75, 3.05) is 12.4 Å². The molecule has 1 aliphatic carbocycles. The zero-order chi connectivity index (χ0) is 24.4. The molecule has 3 N–H and O–H groups in total. The number of amides is 2. The summed E-state index contributed by atoms with van der Waals surface area (Å²) in [5.41, 5.74) is 3.29. The van der Waals surface area contributed by atoms with Crippen molar-refractivity contribution >= 4 is 34.7 Å². The van der Waals surface area contributed by atoms with Crippen LogP contribution in [-0.2, 0) is 4.79 Å². The molecule has 2 aromatic heterocycles. The highest BCUT2D eigenvalue weighted by Gasteiger charge is 2.28. The molecule has 1 fully saturated rings. The maximum atomic E-state index is 13.2. The fourth-order valence-electron chi connectivity index (χ4n) is 4.39. The number of benzene rings is 1. The molecule has 3 aromatic rings. The molecule has 10 heteroatoms. The SMILES string of the molecule is CNC(C)c1cnc2c(C(=O)NC3CCC(C(=O)Nc4ccc(F)cc4Cl)CC3)cnn2c1C. The number of anilines is 1. The zero-order valence-corrected chi connectivity index (χ0v) is 20.1. The largest absolute Gasteiger partial charge is 0.349 e. The molecule has 2 heterocycles. The van der Waals surface area contributed by atoms with Gasteiger partial charge in [-0.1, -0.05) is 11.6 Å². The summed E-state index contributed by atoms with van der Waals surface area (Å²) in [6, 6.07) is 3.96. The number of fused-ring (bicyclic) bond motifs is 1. The maximum absolute atomic E-state index is 13.2. The molecule has 0 saturated heterocycles. The number of aryl methyl sites for hydroxylation is 1. The Hall–Kier alpha value is -3.04. The first-order chi connectivity index (χ1) is 16.3. The van der Waals surface area contributed by atoms with Gasteiger partial charge in [0.2, 0.25) is 5.91 Å². The Labute approximate surface area is 202 Å². The van der Waals surface area contributed by atoms with Gasteiger partial charge in [-0.05, 0) is 64.8 Å². The molecular formula is C24H28ClFN6O2. The Morgan fingerprint density at radius 3 is 2.62 bits per heavy atom. The number of nitrogens with zero attached hydrogens (tertiary/aromatic N) is 3. The Balaban J connectivity index is 1.36. The number of carbonyl (C=O) groups excluding carboxylic acids is 2. The number of rotatable bonds is 6. The second-order valence-electron chi connectivity index (χ2n) is 8.74. The van der Waals surface area contributed by atoms with Crippen LogP contribution in [0, 0.1) is 18.7 Å². The van der Waals surface area contributed by atoms with E-state index in [4.69, 9.17) is 11.6 Å². The van der Waals surface area contributed by atoms with Gasteiger partial charge in [-0.2, -0.15) is 5.10 Å². The molecule has 1 atom stereocenters. The molecule has 8 nitrogen and oxygen atoms in total. The zero-order valence-electron chi connectivity index (χ0n) is 19.4. The minimum atomic E-state index is -0.455. The third kappa shape index (κ3) is 4.90. The minimum Gasteiger partial charge on any atom is -0.349 e. The van der Waals surface area contributed by atoms with Gasteiger partial charge in [0, 0.05) is 35.5 Å². The van der Waals surface area contributed by atoms with Gasteiger partial charge < -0.3 is 16.0 Å². The van der Waals surface area contributed by atoms with Gasteiger partial charge in [-0.15, -0.1) is 0 Å². The molecule has 2 amide bonds. The van der Waals surface area contributed by atoms with Crippen LogP contribution in [0.3, 0.4) is 0 Å². The molecule has 1 saturated carbocycles. The van der Waals surface area contributed by atoms with Gasteiger partial charge in [-0.3, -0.25) is 9.59 Å². The summed E-state index contributed by atoms with van der Waals surface area (Å²) in [6.07, 6.45) is 5.94. The molecular weight excluding hydrogens is 459 g/mol. The summed E-state index contributed by atoms with van der Waals surface area (Å²) in [7, 11) is 1.88. The molecule has 4 rings (SSSR count). The van der Waals surface area contributed by atoms with E-state index >= 15 is 0 Å². The predicted octanol–water partition coefficient (Wildman–Crippen LogP) is 4.04. The molecule has 0 aliphatic heterocycles. The van der Waals surface area contributed by atoms with E-state index in [2.05, 4.69) is 26.0 Å². The smallest absolute Gasteiger partial charge is 0.256 e. The van der Waals surface area contributed by atoms with Crippen LogP contribution in [0.2, 0.25) is 5.02 Å². The van der Waals surface area contributed by atoms with Crippen molar-refractivity contribution in [1.82, 2.24) is 25.2 Å². The molecule has 0 radical (unpaired) electrons. The van der Waals surface area contributed by atoms with Gasteiger partial charge in [0.1, 0.15) is 11.4 Å². The van der Waals surface area contributed by atoms with E-state index < -0.39 is 5.82 Å². The Morgan fingerprint density at radius 1 is 1.21 bits per heavy atom. The third-order valence-electron chi connectivity index (χ3n) is 6.57. The van der Waals surface area contributed by atoms with Crippen LogP contribution >= 0.6 is 11.6 Å². The topological polar surface area (TPSA) is 100 Å². The number of hydrogen-bond acceptors (Lipinski definition) is 5. The van der Waals surface area contributed by atoms with Crippen molar-refractivity contribution < 1.29 is 14.0 Å². The van der Waals surface area contributed by atoms with Crippen LogP contribution in [0.5, 0.6) is 0 Å². The van der Waals surface area contributed by atoms with Crippen LogP contribution < -0.4 is 16.0 Å². The van der Waals surface area contributed by atoms with Gasteiger partial charge >= 0.3 is 0 Å². The summed E-state index contributed by atoms with van der Waals surface area (Å²) >= 11 is 6.01. The van der Waals surface area contributed by atoms with Crippen molar-refractivity contribution in [2.45, 2.75) is 51.6 Å². The predicted molar refractivity (Wildman–Crippen MR) is 128 cm³/mol. The summed E-state index contributed by atoms with van der Waals surface area (Å²) in [6.45, 7) is 4.00. The lowest BCUT2D eigenvalue weighted by Crippen LogP contribution is -2.39. The summed E-state index contributed by atoms with van der Waals surface area (Å²) in [4.78, 5) is 30.1. The highest BCUT2D eigenvalue weighted by molar-refractivity contribution is 6.33. The first kappa shape index (κ1) is 24.1. The average molecular weight is 487 g/mol. The van der Waals surface area contributed by atoms with Crippen LogP contribution in [0.4, 0.5) is 10.1 Å². The average Bonchev–Trinajstić information content (AvgIpc) is 3.26. The first-order valence-electron chi connectivity index (χ1n) is 11.4. The van der Waals surface area contributed by atoms with Crippen LogP contribution in [0.15, 0.2) is 30.6 Å². The van der Waals surface area contributed by atoms with Crippen molar-refractivity contribution in [3.63, 3.8) is 0 Å². The van der Waals surface area contributed by atoms with Gasteiger partial charge in [0.25, 0.3) is 5.91 Å². The second-order valence-corrected chi connectivity index (χ2v) is 9.15. The highest BCUT2D eigenvalue weighted by Crippen LogP contribution is 2.28. The quantitative estimate of drug-likeness (QED) is 0.488. The maximum Gasteiger partial charge on any atom is 0.256 e. The standard InChI is InChI=1S/C24H28ClFN6O2/c1-13(27-3)18-11-28-22-19(12-29-32(22)14(18)2)24(34)30-17-7-4-15(5-8-17)23(33)31-21-9-6-16(26)10-20(21)25/h6,9-13,15,17,27H,4-5,7-8H2,1-3H3,(H,30,34)(H,31,33). The number of carbonyl (C=O) groups is 2. The normalized spacial score (nSPS) is 19.1. The summed E-state index contributed by atoms with van der Waals surface area (Å²) < 4.78 is 14.9. The van der Waals surface area contributed by atoms with Crippen LogP contribution in [0.1, 0.15) is 60.3 Å². The van der Waals surface area contributed by atoms with E-state index in [0.717, 1.165) is 11.3 Å². The molecule has 1 aliphatic rings. The van der Waals surface area contributed by atoms with Crippen molar-refractivity contribution in [3.8, 4) is 0 Å². The lowest BCUT2D eigenvalue weighted by molar-refractivity contribution is -0.120. The Bertz CT molecular complexity index is 1220. The molecule has 0 bridgehead atoms. The van der Waals surface area contributed by atoms with Gasteiger partial charge in [-0.25, -0.2) is 13.9 Å². The fourth-order valence-corrected chi connectivity index (χ4v) is 4.60. The third-order valence-corrected chi connectivity index (χ3v) is 6.88. The number of aromatic nitrogens is 3. The van der Waals surface area contributed by atoms with Gasteiger partial charge in [0.15, 0.2) is 5.65 Å². The van der Waals surface area contributed by atoms with E-state index in [9.17, 15) is 14.0 Å². The van der Waals surface area contributed by atoms with Crippen molar-refractivity contribution in [1.29, 1.82) is 0 Å². The van der Waals surface area contributed by atoms with E-state index in [1.54, 1.807) is 16.9 Å².